The van der Waals surface area contributed by atoms with Crippen LogP contribution >= 0.6 is 0 Å². The van der Waals surface area contributed by atoms with Gasteiger partial charge in [-0.2, -0.15) is 0 Å². The minimum atomic E-state index is -1.76. The van der Waals surface area contributed by atoms with Crippen LogP contribution in [0.2, 0.25) is 0 Å². The van der Waals surface area contributed by atoms with E-state index in [1.54, 1.807) is 0 Å². The van der Waals surface area contributed by atoms with Crippen LogP contribution in [0.5, 0.6) is 0 Å². The Morgan fingerprint density at radius 3 is 1.77 bits per heavy atom. The highest BCUT2D eigenvalue weighted by molar-refractivity contribution is 5.70. The molecule has 2 aliphatic rings. The van der Waals surface area contributed by atoms with Gasteiger partial charge < -0.3 is 64.2 Å². The lowest BCUT2D eigenvalue weighted by Gasteiger charge is -2.42. The number of rotatable bonds is 27. The van der Waals surface area contributed by atoms with Crippen molar-refractivity contribution in [3.8, 4) is 0 Å². The van der Waals surface area contributed by atoms with Gasteiger partial charge in [0.05, 0.1) is 19.8 Å². The van der Waals surface area contributed by atoms with E-state index in [1.165, 1.54) is 0 Å². The Kier molecular flexibility index (Phi) is 24.0. The van der Waals surface area contributed by atoms with Crippen molar-refractivity contribution in [1.82, 2.24) is 0 Å². The number of aliphatic hydroxyl groups excluding tert-OH is 7. The monoisotopic (exact) mass is 750 g/mol. The molecule has 304 valence electrons. The van der Waals surface area contributed by atoms with Gasteiger partial charge in [0.15, 0.2) is 18.7 Å². The molecule has 0 aromatic carbocycles. The smallest absolute Gasteiger partial charge is 0.306 e. The zero-order valence-electron chi connectivity index (χ0n) is 31.0. The summed E-state index contributed by atoms with van der Waals surface area (Å²) in [6.45, 7) is 2.39. The van der Waals surface area contributed by atoms with Gasteiger partial charge in [-0.1, -0.05) is 83.8 Å². The normalized spacial score (nSPS) is 30.0. The van der Waals surface area contributed by atoms with Crippen LogP contribution in [0.1, 0.15) is 117 Å². The van der Waals surface area contributed by atoms with E-state index >= 15 is 0 Å². The molecular formula is C37H66O15. The summed E-state index contributed by atoms with van der Waals surface area (Å²) in [7, 11) is 0. The van der Waals surface area contributed by atoms with E-state index in [0.29, 0.717) is 12.8 Å². The van der Waals surface area contributed by atoms with Crippen molar-refractivity contribution in [2.45, 2.75) is 184 Å². The molecule has 2 fully saturated rings. The number of hydrogen-bond donors (Lipinski definition) is 7. The molecule has 0 aliphatic carbocycles. The van der Waals surface area contributed by atoms with E-state index in [4.69, 9.17) is 28.4 Å². The lowest BCUT2D eigenvalue weighted by molar-refractivity contribution is -0.332. The van der Waals surface area contributed by atoms with Crippen LogP contribution in [-0.4, -0.2) is 142 Å². The first-order chi connectivity index (χ1) is 25.0. The fourth-order valence-electron chi connectivity index (χ4n) is 5.92. The molecule has 2 saturated heterocycles. The van der Waals surface area contributed by atoms with Gasteiger partial charge in [0.2, 0.25) is 0 Å². The Morgan fingerprint density at radius 2 is 1.13 bits per heavy atom. The average Bonchev–Trinajstić information content (AvgIpc) is 3.13. The maximum Gasteiger partial charge on any atom is 0.306 e. The van der Waals surface area contributed by atoms with Gasteiger partial charge in [-0.3, -0.25) is 9.59 Å². The molecule has 2 rings (SSSR count). The van der Waals surface area contributed by atoms with Gasteiger partial charge >= 0.3 is 11.9 Å². The van der Waals surface area contributed by atoms with E-state index in [2.05, 4.69) is 26.0 Å². The standard InChI is InChI=1S/C37H66O15/c1-3-5-7-9-11-12-13-14-16-18-20-29(40)50-25(22-47-28(39)19-17-15-10-8-6-4-2)23-48-36-35(46)33(44)31(42)27(52-36)24-49-37-34(45)32(43)30(41)26(21-38)51-37/h7,9,25-27,30-38,41-46H,3-6,8,10-24H2,1-2H3/b9-7-. The van der Waals surface area contributed by atoms with Crippen molar-refractivity contribution >= 4 is 11.9 Å². The van der Waals surface area contributed by atoms with Crippen LogP contribution in [-0.2, 0) is 38.0 Å². The number of allylic oxidation sites excluding steroid dienone is 2. The molecule has 7 N–H and O–H groups in total. The number of hydrogen-bond acceptors (Lipinski definition) is 15. The highest BCUT2D eigenvalue weighted by Crippen LogP contribution is 2.26. The van der Waals surface area contributed by atoms with Crippen molar-refractivity contribution in [1.29, 1.82) is 0 Å². The molecule has 2 heterocycles. The number of ether oxygens (including phenoxy) is 6. The van der Waals surface area contributed by atoms with Gasteiger partial charge in [0.1, 0.15) is 55.4 Å². The van der Waals surface area contributed by atoms with Crippen LogP contribution in [0.3, 0.4) is 0 Å². The summed E-state index contributed by atoms with van der Waals surface area (Å²) in [5.41, 5.74) is 0. The second-order valence-corrected chi connectivity index (χ2v) is 13.8. The average molecular weight is 751 g/mol. The number of carbonyl (C=O) groups excluding carboxylic acids is 2. The van der Waals surface area contributed by atoms with Gasteiger partial charge in [-0.25, -0.2) is 0 Å². The summed E-state index contributed by atoms with van der Waals surface area (Å²) in [5.74, 6) is -0.951. The molecule has 0 amide bonds. The van der Waals surface area contributed by atoms with Crippen molar-refractivity contribution in [3.05, 3.63) is 12.2 Å². The topological polar surface area (TPSA) is 231 Å². The second kappa shape index (κ2) is 26.9. The van der Waals surface area contributed by atoms with Gasteiger partial charge in [0.25, 0.3) is 0 Å². The number of unbranched alkanes of at least 4 members (excludes halogenated alkanes) is 11. The first kappa shape index (κ1) is 46.4. The van der Waals surface area contributed by atoms with Crippen molar-refractivity contribution in [3.63, 3.8) is 0 Å². The molecule has 11 unspecified atom stereocenters. The summed E-state index contributed by atoms with van der Waals surface area (Å²) in [6, 6.07) is 0. The van der Waals surface area contributed by atoms with Gasteiger partial charge in [0, 0.05) is 12.8 Å². The molecule has 0 bridgehead atoms. The van der Waals surface area contributed by atoms with Gasteiger partial charge in [-0.15, -0.1) is 0 Å². The first-order valence-electron chi connectivity index (χ1n) is 19.3. The lowest BCUT2D eigenvalue weighted by Crippen LogP contribution is -2.61. The minimum absolute atomic E-state index is 0.156. The highest BCUT2D eigenvalue weighted by Gasteiger charge is 2.47. The molecular weight excluding hydrogens is 684 g/mol. The fourth-order valence-corrected chi connectivity index (χ4v) is 5.92. The molecule has 0 saturated carbocycles. The zero-order valence-corrected chi connectivity index (χ0v) is 31.0. The van der Waals surface area contributed by atoms with Crippen LogP contribution in [0, 0.1) is 0 Å². The number of carbonyl (C=O) groups is 2. The predicted octanol–water partition coefficient (Wildman–Crippen LogP) is 1.92. The first-order valence-corrected chi connectivity index (χ1v) is 19.3. The predicted molar refractivity (Wildman–Crippen MR) is 188 cm³/mol. The van der Waals surface area contributed by atoms with Crippen LogP contribution in [0.25, 0.3) is 0 Å². The SMILES string of the molecule is CCC/C=C\CCCCCCCC(=O)OC(COC(=O)CCCCCCCC)COC1OC(COC2OC(CO)C(O)C(O)C2O)C(O)C(O)C1O. The van der Waals surface area contributed by atoms with E-state index in [9.17, 15) is 45.3 Å². The maximum atomic E-state index is 12.8. The maximum absolute atomic E-state index is 12.8. The summed E-state index contributed by atoms with van der Waals surface area (Å²) in [6.07, 6.45) is 1.82. The quantitative estimate of drug-likeness (QED) is 0.0361. The summed E-state index contributed by atoms with van der Waals surface area (Å²) in [4.78, 5) is 25.2. The Labute approximate surface area is 308 Å². The van der Waals surface area contributed by atoms with Crippen LogP contribution in [0.15, 0.2) is 12.2 Å². The zero-order chi connectivity index (χ0) is 38.3. The molecule has 52 heavy (non-hydrogen) atoms. The van der Waals surface area contributed by atoms with E-state index in [0.717, 1.165) is 77.0 Å². The molecule has 0 aromatic heterocycles. The van der Waals surface area contributed by atoms with Crippen LogP contribution in [0.4, 0.5) is 0 Å². The van der Waals surface area contributed by atoms with E-state index < -0.39 is 92.7 Å². The molecule has 15 nitrogen and oxygen atoms in total. The third-order valence-electron chi connectivity index (χ3n) is 9.22. The second-order valence-electron chi connectivity index (χ2n) is 13.8. The summed E-state index contributed by atoms with van der Waals surface area (Å²) >= 11 is 0. The Morgan fingerprint density at radius 1 is 0.596 bits per heavy atom. The minimum Gasteiger partial charge on any atom is -0.462 e. The number of aliphatic hydroxyl groups is 7. The third-order valence-corrected chi connectivity index (χ3v) is 9.22. The third kappa shape index (κ3) is 17.1. The molecule has 11 atom stereocenters. The largest absolute Gasteiger partial charge is 0.462 e. The lowest BCUT2D eigenvalue weighted by atomic mass is 9.98. The Balaban J connectivity index is 1.92. The Bertz CT molecular complexity index is 981. The summed E-state index contributed by atoms with van der Waals surface area (Å²) < 4.78 is 33.1. The highest BCUT2D eigenvalue weighted by atomic mass is 16.7. The van der Waals surface area contributed by atoms with Crippen molar-refractivity contribution in [2.75, 3.05) is 26.4 Å². The Hall–Kier alpha value is -1.76. The van der Waals surface area contributed by atoms with Gasteiger partial charge in [-0.05, 0) is 32.1 Å². The fraction of sp³-hybridized carbons (Fsp3) is 0.892. The number of esters is 2. The molecule has 2 aliphatic heterocycles. The summed E-state index contributed by atoms with van der Waals surface area (Å²) in [5, 5.41) is 71.4. The molecule has 15 heteroatoms. The molecule has 0 aromatic rings. The van der Waals surface area contributed by atoms with Crippen molar-refractivity contribution < 1.29 is 73.8 Å². The molecule has 0 spiro atoms. The van der Waals surface area contributed by atoms with Crippen LogP contribution < -0.4 is 0 Å². The van der Waals surface area contributed by atoms with E-state index in [-0.39, 0.29) is 26.1 Å². The van der Waals surface area contributed by atoms with Crippen molar-refractivity contribution in [2.24, 2.45) is 0 Å². The molecule has 0 radical (unpaired) electrons. The van der Waals surface area contributed by atoms with E-state index in [1.807, 2.05) is 0 Å².